The largest absolute Gasteiger partial charge is 0.311 e. The van der Waals surface area contributed by atoms with Crippen LogP contribution in [-0.4, -0.2) is 15.8 Å². The first kappa shape index (κ1) is 40.7. The van der Waals surface area contributed by atoms with E-state index in [1.165, 1.54) is 122 Å². The summed E-state index contributed by atoms with van der Waals surface area (Å²) in [5.41, 5.74) is 25.1. The number of rotatable bonds is 4. The Balaban J connectivity index is 1.19. The molecule has 0 spiro atoms. The van der Waals surface area contributed by atoms with Crippen molar-refractivity contribution in [3.63, 3.8) is 0 Å². The van der Waals surface area contributed by atoms with E-state index < -0.39 is 0 Å². The van der Waals surface area contributed by atoms with E-state index in [-0.39, 0.29) is 17.5 Å². The van der Waals surface area contributed by atoms with Crippen molar-refractivity contribution in [2.75, 3.05) is 4.90 Å². The molecule has 2 aliphatic heterocycles. The van der Waals surface area contributed by atoms with Crippen molar-refractivity contribution in [1.82, 2.24) is 9.13 Å². The van der Waals surface area contributed by atoms with Crippen molar-refractivity contribution in [2.24, 2.45) is 0 Å². The molecular weight excluding hydrogens is 822 g/mol. The Morgan fingerprint density at radius 1 is 0.368 bits per heavy atom. The predicted molar refractivity (Wildman–Crippen MR) is 292 cm³/mol. The van der Waals surface area contributed by atoms with Gasteiger partial charge in [-0.1, -0.05) is 174 Å². The fourth-order valence-corrected chi connectivity index (χ4v) is 11.7. The zero-order valence-electron chi connectivity index (χ0n) is 40.2. The topological polar surface area (TPSA) is 13.1 Å². The molecule has 4 heterocycles. The van der Waals surface area contributed by atoms with Gasteiger partial charge in [0.05, 0.1) is 22.2 Å². The van der Waals surface area contributed by atoms with Crippen molar-refractivity contribution < 1.29 is 0 Å². The van der Waals surface area contributed by atoms with E-state index in [2.05, 4.69) is 251 Å². The second-order valence-electron chi connectivity index (χ2n) is 21.6. The van der Waals surface area contributed by atoms with Crippen LogP contribution in [0.15, 0.2) is 182 Å². The minimum absolute atomic E-state index is 0.00634. The van der Waals surface area contributed by atoms with Crippen LogP contribution < -0.4 is 21.3 Å². The molecule has 3 nitrogen and oxygen atoms in total. The molecule has 0 saturated carbocycles. The van der Waals surface area contributed by atoms with Gasteiger partial charge in [0.2, 0.25) is 0 Å². The van der Waals surface area contributed by atoms with E-state index >= 15 is 0 Å². The van der Waals surface area contributed by atoms with Crippen molar-refractivity contribution in [2.45, 2.75) is 66.2 Å². The number of aromatic nitrogens is 2. The molecule has 9 aromatic carbocycles. The zero-order valence-corrected chi connectivity index (χ0v) is 40.2. The highest BCUT2D eigenvalue weighted by Gasteiger charge is 2.43. The van der Waals surface area contributed by atoms with Crippen LogP contribution in [0.3, 0.4) is 0 Å². The molecule has 0 aliphatic carbocycles. The van der Waals surface area contributed by atoms with Gasteiger partial charge < -0.3 is 14.0 Å². The third kappa shape index (κ3) is 6.06. The van der Waals surface area contributed by atoms with Crippen LogP contribution in [0.25, 0.3) is 77.2 Å². The minimum Gasteiger partial charge on any atom is -0.311 e. The van der Waals surface area contributed by atoms with Crippen LogP contribution >= 0.6 is 0 Å². The molecule has 0 bridgehead atoms. The summed E-state index contributed by atoms with van der Waals surface area (Å²) in [5.74, 6) is 0. The lowest BCUT2D eigenvalue weighted by molar-refractivity contribution is 0.590. The molecule has 11 aromatic rings. The SMILES string of the molecule is Cc1ccc2c(c1)B1c3c(cc(-n4c5cc(-c6ccccc6)ccc5c5ccc(-c6ccccc6)cc54)cc3-n3c4ccc(C(C)(C)C)cc4c4cc(C)cc1c43)N2c1ccc(C(C)(C)C)cc1. The lowest BCUT2D eigenvalue weighted by Gasteiger charge is -2.41. The van der Waals surface area contributed by atoms with Gasteiger partial charge in [-0.15, -0.1) is 0 Å². The number of fused-ring (bicyclic) bond motifs is 10. The molecule has 0 N–H and O–H groups in total. The highest BCUT2D eigenvalue weighted by atomic mass is 15.2. The van der Waals surface area contributed by atoms with Crippen molar-refractivity contribution in [1.29, 1.82) is 0 Å². The number of hydrogen-bond donors (Lipinski definition) is 0. The highest BCUT2D eigenvalue weighted by molar-refractivity contribution is 7.00. The number of benzene rings is 9. The van der Waals surface area contributed by atoms with E-state index in [0.29, 0.717) is 0 Å². The number of anilines is 3. The molecule has 0 saturated heterocycles. The smallest absolute Gasteiger partial charge is 0.252 e. The Morgan fingerprint density at radius 3 is 1.57 bits per heavy atom. The van der Waals surface area contributed by atoms with E-state index in [1.807, 2.05) is 0 Å². The molecule has 0 atom stereocenters. The van der Waals surface area contributed by atoms with E-state index in [9.17, 15) is 0 Å². The van der Waals surface area contributed by atoms with E-state index in [4.69, 9.17) is 0 Å². The summed E-state index contributed by atoms with van der Waals surface area (Å²) in [6.07, 6.45) is 0. The van der Waals surface area contributed by atoms with E-state index in [1.54, 1.807) is 0 Å². The number of aryl methyl sites for hydroxylation is 2. The average molecular weight is 876 g/mol. The highest BCUT2D eigenvalue weighted by Crippen LogP contribution is 2.46. The quantitative estimate of drug-likeness (QED) is 0.161. The maximum Gasteiger partial charge on any atom is 0.252 e. The average Bonchev–Trinajstić information content (AvgIpc) is 3.84. The molecule has 2 aromatic heterocycles. The lowest BCUT2D eigenvalue weighted by atomic mass is 9.33. The second kappa shape index (κ2) is 14.5. The summed E-state index contributed by atoms with van der Waals surface area (Å²) in [7, 11) is 0. The third-order valence-corrected chi connectivity index (χ3v) is 15.1. The molecule has 0 fully saturated rings. The maximum atomic E-state index is 2.63. The summed E-state index contributed by atoms with van der Waals surface area (Å²) in [6, 6.07) is 69.4. The van der Waals surface area contributed by atoms with Gasteiger partial charge in [-0.3, -0.25) is 0 Å². The summed E-state index contributed by atoms with van der Waals surface area (Å²) in [5, 5.41) is 5.11. The van der Waals surface area contributed by atoms with Gasteiger partial charge in [0.1, 0.15) is 0 Å². The maximum absolute atomic E-state index is 2.63. The van der Waals surface area contributed by atoms with Gasteiger partial charge >= 0.3 is 0 Å². The van der Waals surface area contributed by atoms with Gasteiger partial charge in [-0.05, 0) is 135 Å². The van der Waals surface area contributed by atoms with E-state index in [0.717, 1.165) is 11.4 Å². The Kier molecular flexibility index (Phi) is 8.66. The van der Waals surface area contributed by atoms with Crippen molar-refractivity contribution in [3.05, 3.63) is 204 Å². The summed E-state index contributed by atoms with van der Waals surface area (Å²) < 4.78 is 5.19. The van der Waals surface area contributed by atoms with Crippen molar-refractivity contribution >= 4 is 83.8 Å². The zero-order chi connectivity index (χ0) is 46.4. The van der Waals surface area contributed by atoms with Crippen molar-refractivity contribution in [3.8, 4) is 33.6 Å². The fraction of sp³-hybridized carbons (Fsp3) is 0.156. The Bertz CT molecular complexity index is 3780. The van der Waals surface area contributed by atoms with Crippen LogP contribution in [0.1, 0.15) is 63.8 Å². The summed E-state index contributed by atoms with van der Waals surface area (Å²) >= 11 is 0. The normalized spacial score (nSPS) is 13.2. The molecule has 0 amide bonds. The molecular formula is C64H54BN3. The second-order valence-corrected chi connectivity index (χ2v) is 21.6. The summed E-state index contributed by atoms with van der Waals surface area (Å²) in [4.78, 5) is 2.57. The first-order valence-corrected chi connectivity index (χ1v) is 24.3. The molecule has 0 unspecified atom stereocenters. The van der Waals surface area contributed by atoms with Gasteiger partial charge in [-0.25, -0.2) is 0 Å². The van der Waals surface area contributed by atoms with Gasteiger partial charge in [0.25, 0.3) is 6.71 Å². The molecule has 4 heteroatoms. The van der Waals surface area contributed by atoms with Gasteiger partial charge in [0, 0.05) is 49.8 Å². The van der Waals surface area contributed by atoms with Crippen LogP contribution in [0.5, 0.6) is 0 Å². The molecule has 13 rings (SSSR count). The monoisotopic (exact) mass is 875 g/mol. The van der Waals surface area contributed by atoms with Crippen LogP contribution in [-0.2, 0) is 10.8 Å². The van der Waals surface area contributed by atoms with Crippen LogP contribution in [0.4, 0.5) is 17.1 Å². The van der Waals surface area contributed by atoms with Gasteiger partial charge in [0.15, 0.2) is 0 Å². The lowest BCUT2D eigenvalue weighted by Crippen LogP contribution is -2.60. The molecule has 0 radical (unpaired) electrons. The minimum atomic E-state index is 0.00634. The third-order valence-electron chi connectivity index (χ3n) is 15.1. The van der Waals surface area contributed by atoms with Gasteiger partial charge in [-0.2, -0.15) is 0 Å². The summed E-state index contributed by atoms with van der Waals surface area (Å²) in [6.45, 7) is 18.4. The standard InChI is InChI=1S/C64H54BN3/c1-39-19-29-56-53(32-39)65-54-33-40(2)31-52-51-36-46(64(6,7)8)24-30-55(51)68(62(52)54)60-38-48(37-59(61(60)65)66(56)47-25-22-45(23-26-47)63(3,4)5)67-57-34-43(41-15-11-9-12-16-41)20-27-49(57)50-28-21-44(35-58(50)67)42-17-13-10-14-18-42/h9-38H,1-8H3. The molecule has 328 valence electrons. The Labute approximate surface area is 400 Å². The first-order valence-electron chi connectivity index (χ1n) is 24.3. The van der Waals surface area contributed by atoms with Crippen LogP contribution in [0.2, 0.25) is 0 Å². The first-order chi connectivity index (χ1) is 32.8. The molecule has 68 heavy (non-hydrogen) atoms. The Morgan fingerprint density at radius 2 is 0.956 bits per heavy atom. The number of nitrogens with zero attached hydrogens (tertiary/aromatic N) is 3. The fourth-order valence-electron chi connectivity index (χ4n) is 11.7. The Hall–Kier alpha value is -7.56. The van der Waals surface area contributed by atoms with Crippen LogP contribution in [0, 0.1) is 13.8 Å². The predicted octanol–water partition coefficient (Wildman–Crippen LogP) is 15.0. The molecule has 2 aliphatic rings. The number of hydrogen-bond acceptors (Lipinski definition) is 1.